The summed E-state index contributed by atoms with van der Waals surface area (Å²) in [6, 6.07) is 14.0. The molecular formula is C21H17NO3. The Morgan fingerprint density at radius 3 is 2.04 bits per heavy atom. The lowest BCUT2D eigenvalue weighted by molar-refractivity contribution is -0.133. The number of nitrogens with zero attached hydrogens (tertiary/aromatic N) is 1. The minimum atomic E-state index is -1.14. The molecule has 2 aromatic carbocycles. The Bertz CT molecular complexity index is 957. The minimum absolute atomic E-state index is 0.125. The van der Waals surface area contributed by atoms with Crippen molar-refractivity contribution in [2.24, 2.45) is 0 Å². The van der Waals surface area contributed by atoms with E-state index in [2.05, 4.69) is 0 Å². The van der Waals surface area contributed by atoms with Crippen LogP contribution >= 0.6 is 0 Å². The summed E-state index contributed by atoms with van der Waals surface area (Å²) in [5, 5.41) is 0. The van der Waals surface area contributed by atoms with Crippen molar-refractivity contribution in [3.63, 3.8) is 0 Å². The predicted molar refractivity (Wildman–Crippen MR) is 93.4 cm³/mol. The van der Waals surface area contributed by atoms with Gasteiger partial charge in [-0.1, -0.05) is 48.5 Å². The van der Waals surface area contributed by atoms with Crippen LogP contribution in [0.4, 0.5) is 0 Å². The molecule has 0 radical (unpaired) electrons. The molecule has 4 heteroatoms. The number of fused-ring (bicyclic) bond motifs is 4. The average Bonchev–Trinajstić information content (AvgIpc) is 2.62. The highest BCUT2D eigenvalue weighted by Gasteiger charge is 2.53. The summed E-state index contributed by atoms with van der Waals surface area (Å²) in [5.41, 5.74) is 1.14. The highest BCUT2D eigenvalue weighted by atomic mass is 16.2. The molecule has 0 saturated heterocycles. The van der Waals surface area contributed by atoms with Crippen molar-refractivity contribution in [3.05, 3.63) is 82.9 Å². The molecule has 2 aliphatic rings. The fraction of sp³-hybridized carbons (Fsp3) is 0.190. The van der Waals surface area contributed by atoms with Crippen molar-refractivity contribution in [2.45, 2.75) is 25.3 Å². The average molecular weight is 331 g/mol. The van der Waals surface area contributed by atoms with Crippen LogP contribution in [0.2, 0.25) is 0 Å². The summed E-state index contributed by atoms with van der Waals surface area (Å²) >= 11 is 0. The van der Waals surface area contributed by atoms with E-state index in [-0.39, 0.29) is 23.6 Å². The first-order valence-electron chi connectivity index (χ1n) is 8.29. The normalized spacial score (nSPS) is 21.7. The molecule has 1 aliphatic carbocycles. The molecule has 0 fully saturated rings. The van der Waals surface area contributed by atoms with Crippen LogP contribution in [-0.2, 0) is 10.2 Å². The van der Waals surface area contributed by atoms with E-state index in [0.717, 1.165) is 0 Å². The lowest BCUT2D eigenvalue weighted by Gasteiger charge is -2.43. The topological polar surface area (TPSA) is 54.5 Å². The molecule has 1 aliphatic heterocycles. The number of amides is 2. The largest absolute Gasteiger partial charge is 0.289 e. The maximum Gasteiger partial charge on any atom is 0.261 e. The van der Waals surface area contributed by atoms with Gasteiger partial charge in [-0.05, 0) is 37.1 Å². The number of rotatable bonds is 1. The van der Waals surface area contributed by atoms with E-state index in [1.54, 1.807) is 42.5 Å². The summed E-state index contributed by atoms with van der Waals surface area (Å²) in [7, 11) is 0. The third-order valence-electron chi connectivity index (χ3n) is 4.98. The van der Waals surface area contributed by atoms with E-state index in [9.17, 15) is 14.4 Å². The molecule has 4 rings (SSSR count). The number of allylic oxidation sites excluding steroid dienone is 1. The van der Waals surface area contributed by atoms with Gasteiger partial charge in [-0.15, -0.1) is 0 Å². The van der Waals surface area contributed by atoms with Gasteiger partial charge in [0.2, 0.25) is 5.91 Å². The molecule has 25 heavy (non-hydrogen) atoms. The van der Waals surface area contributed by atoms with Crippen LogP contribution in [0.25, 0.3) is 0 Å². The second-order valence-corrected chi connectivity index (χ2v) is 6.67. The van der Waals surface area contributed by atoms with E-state index in [1.165, 1.54) is 11.0 Å². The molecular weight excluding hydrogens is 314 g/mol. The molecule has 0 saturated carbocycles. The molecule has 0 N–H and O–H groups in total. The van der Waals surface area contributed by atoms with Crippen LogP contribution in [0.5, 0.6) is 0 Å². The minimum Gasteiger partial charge on any atom is -0.289 e. The van der Waals surface area contributed by atoms with Crippen LogP contribution in [0.3, 0.4) is 0 Å². The fourth-order valence-corrected chi connectivity index (χ4v) is 3.85. The molecule has 1 atom stereocenters. The molecule has 4 nitrogen and oxygen atoms in total. The monoisotopic (exact) mass is 331 g/mol. The zero-order chi connectivity index (χ0) is 17.8. The van der Waals surface area contributed by atoms with Gasteiger partial charge in [-0.2, -0.15) is 0 Å². The van der Waals surface area contributed by atoms with E-state index in [1.807, 2.05) is 26.0 Å². The number of carbonyl (C=O) groups is 3. The van der Waals surface area contributed by atoms with E-state index < -0.39 is 5.41 Å². The summed E-state index contributed by atoms with van der Waals surface area (Å²) in [6.07, 6.45) is 3.10. The van der Waals surface area contributed by atoms with Gasteiger partial charge in [-0.3, -0.25) is 19.3 Å². The summed E-state index contributed by atoms with van der Waals surface area (Å²) < 4.78 is 0. The maximum absolute atomic E-state index is 13.5. The molecule has 2 aromatic rings. The Morgan fingerprint density at radius 1 is 0.840 bits per heavy atom. The quantitative estimate of drug-likeness (QED) is 0.755. The molecule has 0 aromatic heterocycles. The van der Waals surface area contributed by atoms with Gasteiger partial charge in [-0.25, -0.2) is 0 Å². The van der Waals surface area contributed by atoms with E-state index >= 15 is 0 Å². The lowest BCUT2D eigenvalue weighted by Crippen LogP contribution is -2.57. The molecule has 2 amide bonds. The zero-order valence-electron chi connectivity index (χ0n) is 14.0. The number of imide groups is 1. The SMILES string of the molecule is CC(C)N1C(=O)c2ccccc2C2(C=CC(=O)c3ccccc32)C1=O. The first-order valence-corrected chi connectivity index (χ1v) is 8.29. The maximum atomic E-state index is 13.5. The molecule has 1 heterocycles. The third kappa shape index (κ3) is 1.91. The number of benzene rings is 2. The third-order valence-corrected chi connectivity index (χ3v) is 4.98. The van der Waals surface area contributed by atoms with Crippen molar-refractivity contribution < 1.29 is 14.4 Å². The van der Waals surface area contributed by atoms with Gasteiger partial charge in [0.05, 0.1) is 0 Å². The van der Waals surface area contributed by atoms with Crippen LogP contribution in [0.1, 0.15) is 45.7 Å². The first kappa shape index (κ1) is 15.5. The zero-order valence-corrected chi connectivity index (χ0v) is 14.0. The highest BCUT2D eigenvalue weighted by molar-refractivity contribution is 6.19. The Morgan fingerprint density at radius 2 is 1.40 bits per heavy atom. The van der Waals surface area contributed by atoms with Crippen LogP contribution in [0, 0.1) is 0 Å². The highest BCUT2D eigenvalue weighted by Crippen LogP contribution is 2.45. The van der Waals surface area contributed by atoms with Gasteiger partial charge >= 0.3 is 0 Å². The van der Waals surface area contributed by atoms with Gasteiger partial charge in [0.15, 0.2) is 5.78 Å². The first-order chi connectivity index (χ1) is 12.0. The number of carbonyl (C=O) groups excluding carboxylic acids is 3. The molecule has 0 bridgehead atoms. The summed E-state index contributed by atoms with van der Waals surface area (Å²) in [5.74, 6) is -0.717. The van der Waals surface area contributed by atoms with E-state index in [4.69, 9.17) is 0 Å². The van der Waals surface area contributed by atoms with E-state index in [0.29, 0.717) is 22.3 Å². The number of hydrogen-bond donors (Lipinski definition) is 0. The van der Waals surface area contributed by atoms with Crippen LogP contribution in [-0.4, -0.2) is 28.5 Å². The summed E-state index contributed by atoms with van der Waals surface area (Å²) in [4.78, 5) is 40.0. The molecule has 1 spiro atoms. The van der Waals surface area contributed by atoms with Crippen molar-refractivity contribution in [3.8, 4) is 0 Å². The number of hydrogen-bond acceptors (Lipinski definition) is 3. The molecule has 1 unspecified atom stereocenters. The Hall–Kier alpha value is -3.01. The van der Waals surface area contributed by atoms with Crippen LogP contribution in [0.15, 0.2) is 60.7 Å². The van der Waals surface area contributed by atoms with Crippen molar-refractivity contribution in [1.82, 2.24) is 4.90 Å². The van der Waals surface area contributed by atoms with Crippen molar-refractivity contribution in [1.29, 1.82) is 0 Å². The predicted octanol–water partition coefficient (Wildman–Crippen LogP) is 3.12. The Balaban J connectivity index is 2.12. The van der Waals surface area contributed by atoms with Gasteiger partial charge in [0, 0.05) is 17.2 Å². The Labute approximate surface area is 145 Å². The van der Waals surface area contributed by atoms with Gasteiger partial charge in [0.25, 0.3) is 5.91 Å². The van der Waals surface area contributed by atoms with Gasteiger partial charge in [0.1, 0.15) is 5.41 Å². The van der Waals surface area contributed by atoms with Crippen LogP contribution < -0.4 is 0 Å². The number of ketones is 1. The standard InChI is InChI=1S/C21H17NO3/c1-13(2)22-19(24)15-8-4-6-10-17(15)21(20(22)25)12-11-18(23)14-7-3-5-9-16(14)21/h3-13H,1-2H3. The van der Waals surface area contributed by atoms with Crippen molar-refractivity contribution in [2.75, 3.05) is 0 Å². The second kappa shape index (κ2) is 5.24. The smallest absolute Gasteiger partial charge is 0.261 e. The van der Waals surface area contributed by atoms with Gasteiger partial charge < -0.3 is 0 Å². The fourth-order valence-electron chi connectivity index (χ4n) is 3.85. The summed E-state index contributed by atoms with van der Waals surface area (Å²) in [6.45, 7) is 3.64. The van der Waals surface area contributed by atoms with Crippen molar-refractivity contribution >= 4 is 17.6 Å². The second-order valence-electron chi connectivity index (χ2n) is 6.67. The molecule has 124 valence electrons. The Kier molecular flexibility index (Phi) is 3.25. The lowest BCUT2D eigenvalue weighted by atomic mass is 9.65.